The van der Waals surface area contributed by atoms with E-state index in [1.54, 1.807) is 6.20 Å². The molecular weight excluding hydrogens is 282 g/mol. The third kappa shape index (κ3) is 1.89. The maximum atomic E-state index is 5.72. The average molecular weight is 290 g/mol. The van der Waals surface area contributed by atoms with Crippen LogP contribution >= 0.6 is 15.9 Å². The molecule has 0 saturated carbocycles. The van der Waals surface area contributed by atoms with E-state index in [4.69, 9.17) is 10.2 Å². The lowest BCUT2D eigenvalue weighted by Gasteiger charge is -1.95. The van der Waals surface area contributed by atoms with E-state index >= 15 is 0 Å². The van der Waals surface area contributed by atoms with E-state index in [9.17, 15) is 0 Å². The number of oxazole rings is 1. The Hall–Kier alpha value is -1.88. The fourth-order valence-corrected chi connectivity index (χ4v) is 1.90. The zero-order valence-electron chi connectivity index (χ0n) is 8.72. The lowest BCUT2D eigenvalue weighted by Crippen LogP contribution is -1.84. The monoisotopic (exact) mass is 289 g/mol. The molecule has 0 radical (unpaired) electrons. The second-order valence-corrected chi connectivity index (χ2v) is 4.54. The number of halogens is 1. The summed E-state index contributed by atoms with van der Waals surface area (Å²) in [4.78, 5) is 8.48. The number of aromatic nitrogens is 2. The highest BCUT2D eigenvalue weighted by Crippen LogP contribution is 2.25. The average Bonchev–Trinajstić information content (AvgIpc) is 2.72. The summed E-state index contributed by atoms with van der Waals surface area (Å²) in [6.07, 6.45) is 1.69. The van der Waals surface area contributed by atoms with Crippen LogP contribution in [0, 0.1) is 0 Å². The zero-order valence-corrected chi connectivity index (χ0v) is 10.3. The Morgan fingerprint density at radius 2 is 2.12 bits per heavy atom. The van der Waals surface area contributed by atoms with Crippen LogP contribution in [0.4, 0.5) is 5.69 Å². The number of nitrogens with two attached hydrogens (primary N) is 1. The van der Waals surface area contributed by atoms with E-state index in [1.807, 2.05) is 30.3 Å². The molecule has 0 aliphatic carbocycles. The summed E-state index contributed by atoms with van der Waals surface area (Å²) in [6, 6.07) is 9.24. The molecule has 3 aromatic rings. The SMILES string of the molecule is Nc1cccc(-c2nc3ncc(Br)cc3o2)c1. The first-order chi connectivity index (χ1) is 8.22. The van der Waals surface area contributed by atoms with Crippen molar-refractivity contribution in [3.05, 3.63) is 41.0 Å². The van der Waals surface area contributed by atoms with Crippen molar-refractivity contribution in [1.82, 2.24) is 9.97 Å². The summed E-state index contributed by atoms with van der Waals surface area (Å²) in [6.45, 7) is 0. The molecule has 2 N–H and O–H groups in total. The van der Waals surface area contributed by atoms with E-state index in [0.29, 0.717) is 22.8 Å². The molecule has 2 aromatic heterocycles. The molecule has 0 aliphatic heterocycles. The van der Waals surface area contributed by atoms with Crippen LogP contribution in [-0.2, 0) is 0 Å². The third-order valence-corrected chi connectivity index (χ3v) is 2.78. The van der Waals surface area contributed by atoms with Crippen molar-refractivity contribution in [2.75, 3.05) is 5.73 Å². The summed E-state index contributed by atoms with van der Waals surface area (Å²) in [5.41, 5.74) is 8.49. The molecular formula is C12H8BrN3O. The number of fused-ring (bicyclic) bond motifs is 1. The van der Waals surface area contributed by atoms with Gasteiger partial charge in [0.15, 0.2) is 11.2 Å². The smallest absolute Gasteiger partial charge is 0.228 e. The summed E-state index contributed by atoms with van der Waals surface area (Å²) in [5, 5.41) is 0. The number of rotatable bonds is 1. The van der Waals surface area contributed by atoms with Crippen molar-refractivity contribution in [1.29, 1.82) is 0 Å². The second-order valence-electron chi connectivity index (χ2n) is 3.62. The van der Waals surface area contributed by atoms with Crippen LogP contribution in [0.15, 0.2) is 45.4 Å². The standard InChI is InChI=1S/C12H8BrN3O/c13-8-5-10-11(15-6-8)16-12(17-10)7-2-1-3-9(14)4-7/h1-6H,14H2. The molecule has 0 atom stereocenters. The number of pyridine rings is 1. The quantitative estimate of drug-likeness (QED) is 0.699. The van der Waals surface area contributed by atoms with Gasteiger partial charge in [0.25, 0.3) is 0 Å². The highest BCUT2D eigenvalue weighted by Gasteiger charge is 2.09. The molecule has 0 spiro atoms. The molecule has 1 aromatic carbocycles. The molecule has 2 heterocycles. The van der Waals surface area contributed by atoms with Gasteiger partial charge in [0.05, 0.1) is 0 Å². The van der Waals surface area contributed by atoms with Gasteiger partial charge in [0, 0.05) is 28.0 Å². The predicted octanol–water partition coefficient (Wildman–Crippen LogP) is 3.23. The third-order valence-electron chi connectivity index (χ3n) is 2.35. The van der Waals surface area contributed by atoms with E-state index in [0.717, 1.165) is 10.0 Å². The molecule has 84 valence electrons. The minimum atomic E-state index is 0.526. The predicted molar refractivity (Wildman–Crippen MR) is 69.4 cm³/mol. The van der Waals surface area contributed by atoms with Crippen molar-refractivity contribution in [3.8, 4) is 11.5 Å². The highest BCUT2D eigenvalue weighted by atomic mass is 79.9. The van der Waals surface area contributed by atoms with Crippen molar-refractivity contribution in [2.45, 2.75) is 0 Å². The second kappa shape index (κ2) is 3.85. The van der Waals surface area contributed by atoms with Gasteiger partial charge in [-0.15, -0.1) is 0 Å². The summed E-state index contributed by atoms with van der Waals surface area (Å²) in [5.74, 6) is 0.526. The molecule has 0 saturated heterocycles. The van der Waals surface area contributed by atoms with Gasteiger partial charge >= 0.3 is 0 Å². The Kier molecular flexibility index (Phi) is 2.33. The molecule has 0 unspecified atom stereocenters. The minimum absolute atomic E-state index is 0.526. The number of nitrogen functional groups attached to an aromatic ring is 1. The van der Waals surface area contributed by atoms with Crippen LogP contribution in [0.3, 0.4) is 0 Å². The largest absolute Gasteiger partial charge is 0.434 e. The maximum absolute atomic E-state index is 5.72. The summed E-state index contributed by atoms with van der Waals surface area (Å²) in [7, 11) is 0. The first-order valence-corrected chi connectivity index (χ1v) is 5.80. The van der Waals surface area contributed by atoms with Gasteiger partial charge in [0.1, 0.15) is 0 Å². The lowest BCUT2D eigenvalue weighted by molar-refractivity contribution is 0.619. The van der Waals surface area contributed by atoms with E-state index in [1.165, 1.54) is 0 Å². The normalized spacial score (nSPS) is 10.9. The Morgan fingerprint density at radius 1 is 1.24 bits per heavy atom. The molecule has 4 nitrogen and oxygen atoms in total. The van der Waals surface area contributed by atoms with Gasteiger partial charge < -0.3 is 10.2 Å². The van der Waals surface area contributed by atoms with Gasteiger partial charge in [-0.25, -0.2) is 4.98 Å². The number of nitrogens with zero attached hydrogens (tertiary/aromatic N) is 2. The van der Waals surface area contributed by atoms with Crippen molar-refractivity contribution >= 4 is 32.8 Å². The van der Waals surface area contributed by atoms with Crippen LogP contribution in [-0.4, -0.2) is 9.97 Å². The summed E-state index contributed by atoms with van der Waals surface area (Å²) < 4.78 is 6.49. The van der Waals surface area contributed by atoms with E-state index < -0.39 is 0 Å². The van der Waals surface area contributed by atoms with E-state index in [2.05, 4.69) is 25.9 Å². The molecule has 3 rings (SSSR count). The van der Waals surface area contributed by atoms with Gasteiger partial charge in [-0.3, -0.25) is 0 Å². The van der Waals surface area contributed by atoms with Crippen molar-refractivity contribution < 1.29 is 4.42 Å². The molecule has 17 heavy (non-hydrogen) atoms. The number of hydrogen-bond acceptors (Lipinski definition) is 4. The van der Waals surface area contributed by atoms with Crippen LogP contribution in [0.1, 0.15) is 0 Å². The number of hydrogen-bond donors (Lipinski definition) is 1. The summed E-state index contributed by atoms with van der Waals surface area (Å²) >= 11 is 3.34. The van der Waals surface area contributed by atoms with Gasteiger partial charge in [-0.2, -0.15) is 4.98 Å². The molecule has 0 amide bonds. The first kappa shape index (κ1) is 10.3. The maximum Gasteiger partial charge on any atom is 0.228 e. The molecule has 0 bridgehead atoms. The molecule has 5 heteroatoms. The molecule has 0 fully saturated rings. The Balaban J connectivity index is 2.18. The molecule has 0 aliphatic rings. The Bertz CT molecular complexity index is 693. The van der Waals surface area contributed by atoms with Crippen LogP contribution in [0.25, 0.3) is 22.7 Å². The van der Waals surface area contributed by atoms with Gasteiger partial charge in [0.2, 0.25) is 5.89 Å². The number of anilines is 1. The highest BCUT2D eigenvalue weighted by molar-refractivity contribution is 9.10. The van der Waals surface area contributed by atoms with Crippen LogP contribution in [0.2, 0.25) is 0 Å². The number of benzene rings is 1. The van der Waals surface area contributed by atoms with Crippen LogP contribution < -0.4 is 5.73 Å². The fourth-order valence-electron chi connectivity index (χ4n) is 1.59. The lowest BCUT2D eigenvalue weighted by atomic mass is 10.2. The van der Waals surface area contributed by atoms with Crippen molar-refractivity contribution in [3.63, 3.8) is 0 Å². The Labute approximate surface area is 106 Å². The zero-order chi connectivity index (χ0) is 11.8. The van der Waals surface area contributed by atoms with Crippen LogP contribution in [0.5, 0.6) is 0 Å². The Morgan fingerprint density at radius 3 is 2.94 bits per heavy atom. The van der Waals surface area contributed by atoms with Crippen molar-refractivity contribution in [2.24, 2.45) is 0 Å². The fraction of sp³-hybridized carbons (Fsp3) is 0. The van der Waals surface area contributed by atoms with E-state index in [-0.39, 0.29) is 0 Å². The van der Waals surface area contributed by atoms with Gasteiger partial charge in [-0.05, 0) is 34.1 Å². The van der Waals surface area contributed by atoms with Gasteiger partial charge in [-0.1, -0.05) is 6.07 Å². The topological polar surface area (TPSA) is 64.9 Å². The first-order valence-electron chi connectivity index (χ1n) is 5.00. The minimum Gasteiger partial charge on any atom is -0.434 e.